The van der Waals surface area contributed by atoms with Crippen molar-refractivity contribution in [2.45, 2.75) is 18.9 Å². The first kappa shape index (κ1) is 14.5. The lowest BCUT2D eigenvalue weighted by Crippen LogP contribution is -2.29. The third-order valence-electron chi connectivity index (χ3n) is 3.88. The Morgan fingerprint density at radius 2 is 2.23 bits per heavy atom. The average molecular weight is 299 g/mol. The number of hydrogen-bond donors (Lipinski definition) is 3. The van der Waals surface area contributed by atoms with Crippen molar-refractivity contribution < 1.29 is 14.7 Å². The molecule has 1 fully saturated rings. The van der Waals surface area contributed by atoms with Crippen LogP contribution in [0.5, 0.6) is 0 Å². The summed E-state index contributed by atoms with van der Waals surface area (Å²) in [5, 5.41) is 15.7. The molecule has 6 nitrogen and oxygen atoms in total. The number of aromatic nitrogens is 1. The Morgan fingerprint density at radius 3 is 3.00 bits per heavy atom. The van der Waals surface area contributed by atoms with Crippen molar-refractivity contribution in [1.82, 2.24) is 10.3 Å². The lowest BCUT2D eigenvalue weighted by atomic mass is 10.0. The van der Waals surface area contributed by atoms with Gasteiger partial charge in [-0.25, -0.2) is 0 Å². The molecule has 1 amide bonds. The van der Waals surface area contributed by atoms with Gasteiger partial charge in [-0.1, -0.05) is 6.07 Å². The minimum Gasteiger partial charge on any atom is -0.480 e. The highest BCUT2D eigenvalue weighted by molar-refractivity contribution is 5.93. The lowest BCUT2D eigenvalue weighted by molar-refractivity contribution is -0.139. The maximum absolute atomic E-state index is 12.1. The van der Waals surface area contributed by atoms with Crippen molar-refractivity contribution in [2.24, 2.45) is 5.92 Å². The highest BCUT2D eigenvalue weighted by atomic mass is 16.4. The summed E-state index contributed by atoms with van der Waals surface area (Å²) >= 11 is 0. The van der Waals surface area contributed by atoms with E-state index in [1.807, 2.05) is 30.3 Å². The third-order valence-corrected chi connectivity index (χ3v) is 3.88. The largest absolute Gasteiger partial charge is 0.480 e. The van der Waals surface area contributed by atoms with Gasteiger partial charge in [0.15, 0.2) is 0 Å². The van der Waals surface area contributed by atoms with Gasteiger partial charge in [-0.2, -0.15) is 0 Å². The maximum Gasteiger partial charge on any atom is 0.320 e. The van der Waals surface area contributed by atoms with Crippen LogP contribution in [0.4, 0.5) is 5.69 Å². The van der Waals surface area contributed by atoms with E-state index in [0.717, 1.165) is 16.6 Å². The predicted octanol–water partition coefficient (Wildman–Crippen LogP) is 1.63. The molecule has 1 aromatic heterocycles. The number of rotatable bonds is 4. The summed E-state index contributed by atoms with van der Waals surface area (Å²) in [6.45, 7) is 0.562. The van der Waals surface area contributed by atoms with Crippen molar-refractivity contribution in [3.63, 3.8) is 0 Å². The van der Waals surface area contributed by atoms with Gasteiger partial charge in [-0.3, -0.25) is 14.6 Å². The molecule has 114 valence electrons. The number of aliphatic carboxylic acids is 1. The minimum atomic E-state index is -0.857. The summed E-state index contributed by atoms with van der Waals surface area (Å²) in [6, 6.07) is 8.82. The van der Waals surface area contributed by atoms with Gasteiger partial charge in [0.2, 0.25) is 5.91 Å². The molecule has 3 N–H and O–H groups in total. The molecule has 0 spiro atoms. The normalized spacial score (nSPS) is 20.9. The highest BCUT2D eigenvalue weighted by Gasteiger charge is 2.30. The number of carbonyl (C=O) groups excluding carboxylic acids is 1. The van der Waals surface area contributed by atoms with E-state index in [-0.39, 0.29) is 11.8 Å². The number of carboxylic acid groups (broad SMARTS) is 1. The molecule has 1 aliphatic rings. The van der Waals surface area contributed by atoms with Crippen LogP contribution in [0.2, 0.25) is 0 Å². The Morgan fingerprint density at radius 1 is 1.36 bits per heavy atom. The molecule has 2 atom stereocenters. The molecule has 1 aliphatic heterocycles. The van der Waals surface area contributed by atoms with Crippen LogP contribution in [0.3, 0.4) is 0 Å². The highest BCUT2D eigenvalue weighted by Crippen LogP contribution is 2.20. The topological polar surface area (TPSA) is 91.3 Å². The summed E-state index contributed by atoms with van der Waals surface area (Å²) in [5.74, 6) is -0.894. The first-order valence-electron chi connectivity index (χ1n) is 7.22. The van der Waals surface area contributed by atoms with Crippen LogP contribution in [-0.4, -0.2) is 34.6 Å². The standard InChI is InChI=1S/C16H17N3O3/c20-15(7-10-6-14(16(21)22)18-9-10)19-12-3-4-13-11(8-12)2-1-5-17-13/h1-5,8,10,14,18H,6-7,9H2,(H,19,20)(H,21,22). The fourth-order valence-corrected chi connectivity index (χ4v) is 2.78. The summed E-state index contributed by atoms with van der Waals surface area (Å²) < 4.78 is 0. The molecule has 0 radical (unpaired) electrons. The van der Waals surface area contributed by atoms with Gasteiger partial charge in [0.05, 0.1) is 5.52 Å². The Balaban J connectivity index is 1.60. The van der Waals surface area contributed by atoms with Gasteiger partial charge in [-0.15, -0.1) is 0 Å². The zero-order valence-electron chi connectivity index (χ0n) is 12.0. The van der Waals surface area contributed by atoms with Crippen LogP contribution in [0.25, 0.3) is 10.9 Å². The van der Waals surface area contributed by atoms with Crippen molar-refractivity contribution in [2.75, 3.05) is 11.9 Å². The number of fused-ring (bicyclic) bond motifs is 1. The number of anilines is 1. The monoisotopic (exact) mass is 299 g/mol. The Bertz CT molecular complexity index is 717. The molecular formula is C16H17N3O3. The Hall–Kier alpha value is -2.47. The van der Waals surface area contributed by atoms with Crippen molar-refractivity contribution in [1.29, 1.82) is 0 Å². The number of nitrogens with zero attached hydrogens (tertiary/aromatic N) is 1. The summed E-state index contributed by atoms with van der Waals surface area (Å²) in [6.07, 6.45) is 2.54. The van der Waals surface area contributed by atoms with Gasteiger partial charge in [-0.05, 0) is 43.1 Å². The number of amides is 1. The van der Waals surface area contributed by atoms with Gasteiger partial charge in [0, 0.05) is 23.7 Å². The predicted molar refractivity (Wildman–Crippen MR) is 82.5 cm³/mol. The van der Waals surface area contributed by atoms with E-state index in [4.69, 9.17) is 5.11 Å². The van der Waals surface area contributed by atoms with E-state index in [1.165, 1.54) is 0 Å². The Labute approximate surface area is 127 Å². The molecular weight excluding hydrogens is 282 g/mol. The molecule has 2 heterocycles. The second-order valence-electron chi connectivity index (χ2n) is 5.56. The fourth-order valence-electron chi connectivity index (χ4n) is 2.78. The van der Waals surface area contributed by atoms with E-state index in [2.05, 4.69) is 15.6 Å². The van der Waals surface area contributed by atoms with Gasteiger partial charge in [0.25, 0.3) is 0 Å². The number of carboxylic acids is 1. The van der Waals surface area contributed by atoms with E-state index < -0.39 is 12.0 Å². The van der Waals surface area contributed by atoms with Crippen molar-refractivity contribution in [3.05, 3.63) is 36.5 Å². The van der Waals surface area contributed by atoms with Gasteiger partial charge in [0.1, 0.15) is 6.04 Å². The molecule has 3 rings (SSSR count). The van der Waals surface area contributed by atoms with E-state index in [9.17, 15) is 9.59 Å². The van der Waals surface area contributed by atoms with Crippen LogP contribution in [0, 0.1) is 5.92 Å². The SMILES string of the molecule is O=C(CC1CNC(C(=O)O)C1)Nc1ccc2ncccc2c1. The summed E-state index contributed by atoms with van der Waals surface area (Å²) in [5.41, 5.74) is 1.61. The molecule has 0 aliphatic carbocycles. The van der Waals surface area contributed by atoms with E-state index in [0.29, 0.717) is 19.4 Å². The second-order valence-corrected chi connectivity index (χ2v) is 5.56. The molecule has 1 saturated heterocycles. The van der Waals surface area contributed by atoms with Crippen LogP contribution in [0.1, 0.15) is 12.8 Å². The number of nitrogens with one attached hydrogen (secondary N) is 2. The van der Waals surface area contributed by atoms with Crippen LogP contribution in [-0.2, 0) is 9.59 Å². The average Bonchev–Trinajstić information content (AvgIpc) is 2.95. The maximum atomic E-state index is 12.1. The smallest absolute Gasteiger partial charge is 0.320 e. The number of pyridine rings is 1. The van der Waals surface area contributed by atoms with Crippen LogP contribution in [0.15, 0.2) is 36.5 Å². The summed E-state index contributed by atoms with van der Waals surface area (Å²) in [4.78, 5) is 27.2. The number of benzene rings is 1. The fraction of sp³-hybridized carbons (Fsp3) is 0.312. The van der Waals surface area contributed by atoms with Crippen LogP contribution < -0.4 is 10.6 Å². The molecule has 2 aromatic rings. The van der Waals surface area contributed by atoms with E-state index in [1.54, 1.807) is 6.20 Å². The van der Waals surface area contributed by atoms with Gasteiger partial charge >= 0.3 is 5.97 Å². The first-order chi connectivity index (χ1) is 10.6. The number of hydrogen-bond acceptors (Lipinski definition) is 4. The molecule has 0 bridgehead atoms. The zero-order chi connectivity index (χ0) is 15.5. The summed E-state index contributed by atoms with van der Waals surface area (Å²) in [7, 11) is 0. The molecule has 1 aromatic carbocycles. The lowest BCUT2D eigenvalue weighted by Gasteiger charge is -2.10. The quantitative estimate of drug-likeness (QED) is 0.798. The first-order valence-corrected chi connectivity index (χ1v) is 7.22. The zero-order valence-corrected chi connectivity index (χ0v) is 12.0. The number of carbonyl (C=O) groups is 2. The molecule has 22 heavy (non-hydrogen) atoms. The second kappa shape index (κ2) is 6.11. The van der Waals surface area contributed by atoms with Crippen LogP contribution >= 0.6 is 0 Å². The molecule has 6 heteroatoms. The van der Waals surface area contributed by atoms with E-state index >= 15 is 0 Å². The van der Waals surface area contributed by atoms with Crippen molar-refractivity contribution >= 4 is 28.5 Å². The third kappa shape index (κ3) is 3.23. The molecule has 0 saturated carbocycles. The Kier molecular flexibility index (Phi) is 4.02. The molecule has 2 unspecified atom stereocenters. The minimum absolute atomic E-state index is 0.0585. The van der Waals surface area contributed by atoms with Crippen molar-refractivity contribution in [3.8, 4) is 0 Å². The van der Waals surface area contributed by atoms with Gasteiger partial charge < -0.3 is 15.7 Å².